The summed E-state index contributed by atoms with van der Waals surface area (Å²) in [6.07, 6.45) is -0.261. The molecule has 10 nitrogen and oxygen atoms in total. The van der Waals surface area contributed by atoms with Crippen LogP contribution in [0.3, 0.4) is 0 Å². The topological polar surface area (TPSA) is 127 Å². The minimum atomic E-state index is -0.995. The summed E-state index contributed by atoms with van der Waals surface area (Å²) in [4.78, 5) is 65.8. The Morgan fingerprint density at radius 2 is 1.78 bits per heavy atom. The van der Waals surface area contributed by atoms with Crippen LogP contribution in [0.5, 0.6) is 0 Å². The van der Waals surface area contributed by atoms with Gasteiger partial charge in [0.15, 0.2) is 0 Å². The van der Waals surface area contributed by atoms with Crippen LogP contribution >= 0.6 is 0 Å². The summed E-state index contributed by atoms with van der Waals surface area (Å²) in [6.45, 7) is 6.02. The van der Waals surface area contributed by atoms with Crippen molar-refractivity contribution < 1.29 is 29.1 Å². The van der Waals surface area contributed by atoms with E-state index in [0.29, 0.717) is 43.7 Å². The number of piperidine rings is 1. The third kappa shape index (κ3) is 3.75. The molecule has 4 rings (SSSR count). The summed E-state index contributed by atoms with van der Waals surface area (Å²) in [5.41, 5.74) is 0.898. The van der Waals surface area contributed by atoms with Gasteiger partial charge >= 0.3 is 6.09 Å². The molecule has 0 aliphatic carbocycles. The second-order valence-electron chi connectivity index (χ2n) is 9.03. The summed E-state index contributed by atoms with van der Waals surface area (Å²) in [5, 5.41) is 11.4. The van der Waals surface area contributed by atoms with Gasteiger partial charge in [0.25, 0.3) is 11.8 Å². The molecule has 3 heterocycles. The Morgan fingerprint density at radius 1 is 1.09 bits per heavy atom. The van der Waals surface area contributed by atoms with Crippen molar-refractivity contribution in [2.45, 2.75) is 44.7 Å². The molecule has 2 fully saturated rings. The van der Waals surface area contributed by atoms with Crippen LogP contribution in [0.2, 0.25) is 0 Å². The van der Waals surface area contributed by atoms with Gasteiger partial charge in [0.2, 0.25) is 11.8 Å². The molecule has 5 amide bonds. The number of nitrogens with one attached hydrogen (secondary N) is 1. The number of rotatable bonds is 4. The molecular weight excluding hydrogens is 416 g/mol. The molecule has 170 valence electrons. The molecular formula is C22H26N4O6. The number of benzene rings is 1. The number of carbonyl (C=O) groups is 5. The molecule has 1 unspecified atom stereocenters. The van der Waals surface area contributed by atoms with E-state index < -0.39 is 35.8 Å². The first-order valence-corrected chi connectivity index (χ1v) is 10.7. The highest BCUT2D eigenvalue weighted by Crippen LogP contribution is 2.32. The highest BCUT2D eigenvalue weighted by molar-refractivity contribution is 6.24. The van der Waals surface area contributed by atoms with Crippen LogP contribution in [0.4, 0.5) is 4.79 Å². The maximum atomic E-state index is 13.3. The van der Waals surface area contributed by atoms with Crippen LogP contribution in [0.15, 0.2) is 18.2 Å². The molecule has 1 aromatic rings. The van der Waals surface area contributed by atoms with Crippen molar-refractivity contribution in [3.05, 3.63) is 34.9 Å². The predicted molar refractivity (Wildman–Crippen MR) is 112 cm³/mol. The summed E-state index contributed by atoms with van der Waals surface area (Å²) < 4.78 is 0. The van der Waals surface area contributed by atoms with E-state index in [9.17, 15) is 29.1 Å². The molecule has 0 aromatic heterocycles. The number of piperazine rings is 1. The van der Waals surface area contributed by atoms with Crippen molar-refractivity contribution in [2.24, 2.45) is 0 Å². The average molecular weight is 442 g/mol. The van der Waals surface area contributed by atoms with Crippen molar-refractivity contribution in [1.29, 1.82) is 0 Å². The van der Waals surface area contributed by atoms with Crippen LogP contribution in [-0.4, -0.2) is 87.3 Å². The van der Waals surface area contributed by atoms with E-state index in [1.165, 1.54) is 4.90 Å². The Hall–Kier alpha value is -3.27. The fourth-order valence-electron chi connectivity index (χ4n) is 4.81. The van der Waals surface area contributed by atoms with Gasteiger partial charge in [-0.3, -0.25) is 34.3 Å². The molecule has 3 aliphatic heterocycles. The van der Waals surface area contributed by atoms with Crippen molar-refractivity contribution in [1.82, 2.24) is 20.0 Å². The zero-order valence-corrected chi connectivity index (χ0v) is 18.1. The van der Waals surface area contributed by atoms with Crippen molar-refractivity contribution >= 4 is 29.7 Å². The highest BCUT2D eigenvalue weighted by atomic mass is 16.4. The van der Waals surface area contributed by atoms with E-state index in [0.717, 1.165) is 4.90 Å². The predicted octanol–water partition coefficient (Wildman–Crippen LogP) is 0.705. The summed E-state index contributed by atoms with van der Waals surface area (Å²) >= 11 is 0. The number of fused-ring (bicyclic) bond motifs is 1. The van der Waals surface area contributed by atoms with Gasteiger partial charge in [-0.05, 0) is 38.3 Å². The van der Waals surface area contributed by atoms with Gasteiger partial charge in [-0.2, -0.15) is 0 Å². The number of carboxylic acid groups (broad SMARTS) is 1. The van der Waals surface area contributed by atoms with Gasteiger partial charge in [0.1, 0.15) is 6.04 Å². The number of hydrogen-bond acceptors (Lipinski definition) is 6. The van der Waals surface area contributed by atoms with Gasteiger partial charge in [-0.15, -0.1) is 0 Å². The lowest BCUT2D eigenvalue weighted by Gasteiger charge is -2.43. The molecule has 0 bridgehead atoms. The molecule has 10 heteroatoms. The maximum Gasteiger partial charge on any atom is 0.407 e. The fourth-order valence-corrected chi connectivity index (χ4v) is 4.81. The summed E-state index contributed by atoms with van der Waals surface area (Å²) in [5.74, 6) is -2.07. The fraction of sp³-hybridized carbons (Fsp3) is 0.500. The lowest BCUT2D eigenvalue weighted by atomic mass is 9.88. The molecule has 2 saturated heterocycles. The highest BCUT2D eigenvalue weighted by Gasteiger charge is 2.46. The van der Waals surface area contributed by atoms with E-state index in [4.69, 9.17) is 0 Å². The van der Waals surface area contributed by atoms with Gasteiger partial charge in [-0.25, -0.2) is 4.79 Å². The first kappa shape index (κ1) is 21.9. The SMILES string of the molecule is CC(C)(Cc1cccc2c1C(=O)N(C1CCC(=O)NC1=O)C2=O)N1CCN(C(=O)O)CC1. The van der Waals surface area contributed by atoms with Crippen molar-refractivity contribution in [2.75, 3.05) is 26.2 Å². The van der Waals surface area contributed by atoms with Gasteiger partial charge in [0, 0.05) is 38.1 Å². The van der Waals surface area contributed by atoms with Gasteiger partial charge in [0.05, 0.1) is 11.1 Å². The Labute approximate surface area is 185 Å². The number of amides is 5. The maximum absolute atomic E-state index is 13.3. The first-order chi connectivity index (χ1) is 15.1. The van der Waals surface area contributed by atoms with Crippen molar-refractivity contribution in [3.8, 4) is 0 Å². The average Bonchev–Trinajstić information content (AvgIpc) is 2.99. The second kappa shape index (κ2) is 8.01. The third-order valence-electron chi connectivity index (χ3n) is 6.58. The van der Waals surface area contributed by atoms with E-state index in [-0.39, 0.29) is 23.9 Å². The minimum Gasteiger partial charge on any atom is -0.465 e. The number of imide groups is 2. The largest absolute Gasteiger partial charge is 0.465 e. The molecule has 0 radical (unpaired) electrons. The second-order valence-corrected chi connectivity index (χ2v) is 9.03. The summed E-state index contributed by atoms with van der Waals surface area (Å²) in [7, 11) is 0. The zero-order chi connectivity index (χ0) is 23.2. The Kier molecular flexibility index (Phi) is 5.49. The molecule has 3 aliphatic rings. The molecule has 1 aromatic carbocycles. The number of carbonyl (C=O) groups excluding carboxylic acids is 4. The molecule has 2 N–H and O–H groups in total. The monoisotopic (exact) mass is 442 g/mol. The van der Waals surface area contributed by atoms with Gasteiger partial charge in [-0.1, -0.05) is 12.1 Å². The number of nitrogens with zero attached hydrogens (tertiary/aromatic N) is 3. The minimum absolute atomic E-state index is 0.0754. The third-order valence-corrected chi connectivity index (χ3v) is 6.58. The quantitative estimate of drug-likeness (QED) is 0.657. The van der Waals surface area contributed by atoms with Gasteiger partial charge < -0.3 is 10.0 Å². The smallest absolute Gasteiger partial charge is 0.407 e. The van der Waals surface area contributed by atoms with E-state index >= 15 is 0 Å². The molecule has 1 atom stereocenters. The normalized spacial score (nSPS) is 22.2. The lowest BCUT2D eigenvalue weighted by Crippen LogP contribution is -2.56. The molecule has 0 spiro atoms. The van der Waals surface area contributed by atoms with Crippen LogP contribution in [0.25, 0.3) is 0 Å². The van der Waals surface area contributed by atoms with E-state index in [1.807, 2.05) is 19.9 Å². The molecule has 32 heavy (non-hydrogen) atoms. The summed E-state index contributed by atoms with van der Waals surface area (Å²) in [6, 6.07) is 4.13. The van der Waals surface area contributed by atoms with Crippen LogP contribution in [0, 0.1) is 0 Å². The van der Waals surface area contributed by atoms with Crippen LogP contribution in [0.1, 0.15) is 53.0 Å². The first-order valence-electron chi connectivity index (χ1n) is 10.7. The Bertz CT molecular complexity index is 1010. The Balaban J connectivity index is 1.56. The van der Waals surface area contributed by atoms with Crippen LogP contribution < -0.4 is 5.32 Å². The zero-order valence-electron chi connectivity index (χ0n) is 18.1. The Morgan fingerprint density at radius 3 is 2.41 bits per heavy atom. The van der Waals surface area contributed by atoms with E-state index in [2.05, 4.69) is 10.2 Å². The molecule has 0 saturated carbocycles. The van der Waals surface area contributed by atoms with E-state index in [1.54, 1.807) is 12.1 Å². The van der Waals surface area contributed by atoms with Crippen molar-refractivity contribution in [3.63, 3.8) is 0 Å². The van der Waals surface area contributed by atoms with Crippen LogP contribution in [-0.2, 0) is 16.0 Å². The number of hydrogen-bond donors (Lipinski definition) is 2. The standard InChI is InChI=1S/C22H26N4O6/c1-22(2,25-10-8-24(9-11-25)21(31)32)12-13-4-3-5-14-17(13)20(30)26(19(14)29)15-6-7-16(27)23-18(15)28/h3-5,15H,6-12H2,1-2H3,(H,31,32)(H,23,27,28). The lowest BCUT2D eigenvalue weighted by molar-refractivity contribution is -0.136.